The first kappa shape index (κ1) is 29.4. The van der Waals surface area contributed by atoms with Crippen molar-refractivity contribution in [2.75, 3.05) is 11.4 Å². The largest absolute Gasteiger partial charge is 0.573 e. The maximum atomic E-state index is 14.0. The van der Waals surface area contributed by atoms with E-state index in [1.807, 2.05) is 0 Å². The quantitative estimate of drug-likeness (QED) is 0.159. The van der Waals surface area contributed by atoms with Gasteiger partial charge in [0.15, 0.2) is 22.4 Å². The van der Waals surface area contributed by atoms with E-state index in [0.29, 0.717) is 38.6 Å². The van der Waals surface area contributed by atoms with Gasteiger partial charge in [0.2, 0.25) is 0 Å². The highest BCUT2D eigenvalue weighted by Crippen LogP contribution is 2.53. The van der Waals surface area contributed by atoms with Crippen LogP contribution in [0.3, 0.4) is 0 Å². The number of carboxylic acids is 1. The Labute approximate surface area is 253 Å². The summed E-state index contributed by atoms with van der Waals surface area (Å²) in [5, 5.41) is 13.5. The molecule has 3 fully saturated rings. The van der Waals surface area contributed by atoms with Gasteiger partial charge in [-0.05, 0) is 43.4 Å². The van der Waals surface area contributed by atoms with Gasteiger partial charge >= 0.3 is 24.5 Å². The highest BCUT2D eigenvalue weighted by atomic mass is 32.1. The van der Waals surface area contributed by atoms with Crippen LogP contribution in [0.4, 0.5) is 31.5 Å². The summed E-state index contributed by atoms with van der Waals surface area (Å²) >= 11 is 0.909. The molecule has 0 unspecified atom stereocenters. The van der Waals surface area contributed by atoms with Crippen LogP contribution in [0, 0.1) is 5.92 Å². The third kappa shape index (κ3) is 5.23. The molecule has 1 N–H and O–H groups in total. The van der Waals surface area contributed by atoms with Crippen molar-refractivity contribution in [3.63, 3.8) is 0 Å². The molecule has 1 saturated heterocycles. The molecule has 9 nitrogen and oxygen atoms in total. The topological polar surface area (TPSA) is 115 Å². The van der Waals surface area contributed by atoms with Crippen molar-refractivity contribution in [3.8, 4) is 17.0 Å². The van der Waals surface area contributed by atoms with Gasteiger partial charge in [0, 0.05) is 30.9 Å². The number of hydrogen-bond acceptors (Lipinski definition) is 9. The number of alkyl halides is 6. The van der Waals surface area contributed by atoms with Crippen molar-refractivity contribution in [2.24, 2.45) is 5.92 Å². The first-order valence-electron chi connectivity index (χ1n) is 13.8. The van der Waals surface area contributed by atoms with Gasteiger partial charge in [0.05, 0.1) is 15.8 Å². The Hall–Kier alpha value is -4.34. The van der Waals surface area contributed by atoms with Gasteiger partial charge in [-0.25, -0.2) is 14.6 Å². The van der Waals surface area contributed by atoms with E-state index >= 15 is 0 Å². The second-order valence-electron chi connectivity index (χ2n) is 11.3. The van der Waals surface area contributed by atoms with Crippen LogP contribution >= 0.6 is 11.3 Å². The molecule has 0 radical (unpaired) electrons. The maximum Gasteiger partial charge on any atom is 0.573 e. The zero-order chi connectivity index (χ0) is 31.9. The van der Waals surface area contributed by atoms with Crippen LogP contribution in [-0.4, -0.2) is 45.8 Å². The fraction of sp³-hybridized carbons (Fsp3) is 0.379. The predicted molar refractivity (Wildman–Crippen MR) is 145 cm³/mol. The monoisotopic (exact) mass is 653 g/mol. The van der Waals surface area contributed by atoms with E-state index in [1.165, 1.54) is 24.3 Å². The van der Waals surface area contributed by atoms with Crippen molar-refractivity contribution >= 4 is 38.6 Å². The lowest BCUT2D eigenvalue weighted by Crippen LogP contribution is -2.48. The van der Waals surface area contributed by atoms with Gasteiger partial charge in [-0.1, -0.05) is 34.7 Å². The molecule has 3 heterocycles. The van der Waals surface area contributed by atoms with Crippen LogP contribution in [0.1, 0.15) is 70.1 Å². The van der Waals surface area contributed by atoms with E-state index < -0.39 is 47.1 Å². The summed E-state index contributed by atoms with van der Waals surface area (Å²) in [6.07, 6.45) is -7.22. The number of carboxylic acid groups (broad SMARTS) is 1. The molecule has 7 rings (SSSR count). The average Bonchev–Trinajstić information content (AvgIpc) is 3.29. The van der Waals surface area contributed by atoms with Crippen LogP contribution < -0.4 is 9.64 Å². The average molecular weight is 654 g/mol. The third-order valence-corrected chi connectivity index (χ3v) is 9.30. The van der Waals surface area contributed by atoms with Crippen LogP contribution in [0.15, 0.2) is 40.9 Å². The number of hydrogen-bond donors (Lipinski definition) is 1. The van der Waals surface area contributed by atoms with Gasteiger partial charge in [0.1, 0.15) is 16.8 Å². The van der Waals surface area contributed by atoms with Gasteiger partial charge in [-0.3, -0.25) is 0 Å². The first-order chi connectivity index (χ1) is 21.2. The minimum atomic E-state index is -5.11. The Kier molecular flexibility index (Phi) is 6.58. The second kappa shape index (κ2) is 10.1. The predicted octanol–water partition coefficient (Wildman–Crippen LogP) is 7.62. The molecule has 3 aliphatic rings. The zero-order valence-electron chi connectivity index (χ0n) is 22.9. The van der Waals surface area contributed by atoms with E-state index in [1.54, 1.807) is 4.90 Å². The minimum absolute atomic E-state index is 0.0288. The van der Waals surface area contributed by atoms with Gasteiger partial charge in [0.25, 0.3) is 0 Å². The summed E-state index contributed by atoms with van der Waals surface area (Å²) in [6.45, 7) is 0.331. The number of rotatable bonds is 7. The molecule has 45 heavy (non-hydrogen) atoms. The summed E-state index contributed by atoms with van der Waals surface area (Å²) in [4.78, 5) is 31.6. The molecule has 0 amide bonds. The van der Waals surface area contributed by atoms with Gasteiger partial charge in [-0.15, -0.1) is 13.2 Å². The summed E-state index contributed by atoms with van der Waals surface area (Å²) in [5.74, 6) is -3.23. The standard InChI is InChI=1S/C29H21F6N3O6S/c30-28(31,32)17-4-2-1-3-16(17)21-20(23(44-37-21)14-5-6-14)25(41)43-27-8-7-13(11-27)12-38(27)26-36-22-18(42-29(33,34)35)9-15(24(39)40)10-19(22)45-26/h1-4,9-10,13-14H,5-8,11-12H2,(H,39,40)/t13-,27-/m0/s1. The number of thiazole rings is 1. The zero-order valence-corrected chi connectivity index (χ0v) is 23.7. The van der Waals surface area contributed by atoms with Crippen molar-refractivity contribution in [3.05, 3.63) is 58.8 Å². The Balaban J connectivity index is 1.27. The number of ether oxygens (including phenoxy) is 2. The number of anilines is 1. The SMILES string of the molecule is O=C(O)c1cc(OC(F)(F)F)c2nc(N3C[C@H]4CC[C@]3(OC(=O)c3c(-c5ccccc5C(F)(F)F)noc3C3CC3)C4)sc2c1. The van der Waals surface area contributed by atoms with Crippen molar-refractivity contribution in [2.45, 2.75) is 56.3 Å². The number of fused-ring (bicyclic) bond motifs is 3. The lowest BCUT2D eigenvalue weighted by molar-refractivity contribution is -0.274. The number of carbonyl (C=O) groups is 2. The molecule has 236 valence electrons. The number of halogens is 6. The Morgan fingerprint density at radius 1 is 1.09 bits per heavy atom. The van der Waals surface area contributed by atoms with E-state index in [9.17, 15) is 41.0 Å². The number of nitrogens with zero attached hydrogens (tertiary/aromatic N) is 3. The number of aromatic carboxylic acids is 1. The van der Waals surface area contributed by atoms with E-state index in [0.717, 1.165) is 23.5 Å². The number of carbonyl (C=O) groups excluding carboxylic acids is 1. The molecule has 2 aromatic carbocycles. The van der Waals surface area contributed by atoms with Gasteiger partial charge < -0.3 is 24.0 Å². The van der Waals surface area contributed by atoms with Crippen LogP contribution in [0.25, 0.3) is 21.5 Å². The molecule has 2 saturated carbocycles. The third-order valence-electron chi connectivity index (χ3n) is 8.28. The Morgan fingerprint density at radius 2 is 1.84 bits per heavy atom. The van der Waals surface area contributed by atoms with Crippen molar-refractivity contribution in [1.29, 1.82) is 0 Å². The first-order valence-corrected chi connectivity index (χ1v) is 14.6. The number of benzene rings is 2. The van der Waals surface area contributed by atoms with Crippen LogP contribution in [0.2, 0.25) is 0 Å². The van der Waals surface area contributed by atoms with E-state index in [-0.39, 0.29) is 49.8 Å². The molecule has 2 bridgehead atoms. The molecule has 0 spiro atoms. The molecule has 2 aromatic heterocycles. The fourth-order valence-electron chi connectivity index (χ4n) is 6.21. The van der Waals surface area contributed by atoms with Gasteiger partial charge in [-0.2, -0.15) is 13.2 Å². The van der Waals surface area contributed by atoms with Crippen molar-refractivity contribution < 1.29 is 55.0 Å². The Morgan fingerprint density at radius 3 is 2.51 bits per heavy atom. The van der Waals surface area contributed by atoms with Crippen LogP contribution in [0.5, 0.6) is 5.75 Å². The Bertz CT molecular complexity index is 1850. The molecule has 1 aliphatic heterocycles. The summed E-state index contributed by atoms with van der Waals surface area (Å²) < 4.78 is 97.1. The lowest BCUT2D eigenvalue weighted by atomic mass is 9.99. The number of aromatic nitrogens is 2. The molecule has 2 atom stereocenters. The highest BCUT2D eigenvalue weighted by Gasteiger charge is 2.56. The lowest BCUT2D eigenvalue weighted by Gasteiger charge is -2.37. The molecular weight excluding hydrogens is 632 g/mol. The fourth-order valence-corrected chi connectivity index (χ4v) is 7.32. The van der Waals surface area contributed by atoms with E-state index in [2.05, 4.69) is 14.9 Å². The number of esters is 1. The smallest absolute Gasteiger partial charge is 0.478 e. The molecule has 4 aromatic rings. The molecule has 16 heteroatoms. The van der Waals surface area contributed by atoms with Crippen LogP contribution in [-0.2, 0) is 10.9 Å². The van der Waals surface area contributed by atoms with Crippen molar-refractivity contribution in [1.82, 2.24) is 10.1 Å². The molecule has 2 aliphatic carbocycles. The maximum absolute atomic E-state index is 14.0. The molecular formula is C29H21F6N3O6S. The second-order valence-corrected chi connectivity index (χ2v) is 12.3. The summed E-state index contributed by atoms with van der Waals surface area (Å²) in [6, 6.07) is 6.62. The van der Waals surface area contributed by atoms with E-state index in [4.69, 9.17) is 9.26 Å². The normalized spacial score (nSPS) is 21.5. The minimum Gasteiger partial charge on any atom is -0.478 e. The summed E-state index contributed by atoms with van der Waals surface area (Å²) in [7, 11) is 0. The summed E-state index contributed by atoms with van der Waals surface area (Å²) in [5.41, 5.74) is -3.79. The highest BCUT2D eigenvalue weighted by molar-refractivity contribution is 7.22. The number of piperidine rings is 1.